The molecule has 2 N–H and O–H groups in total. The Hall–Kier alpha value is -2.85. The smallest absolute Gasteiger partial charge is 0.272 e. The Morgan fingerprint density at radius 3 is 3.21 bits per heavy atom. The molecular formula is C17H17N5O2. The Morgan fingerprint density at radius 1 is 1.46 bits per heavy atom. The van der Waals surface area contributed by atoms with Crippen LogP contribution in [0.4, 0.5) is 0 Å². The second-order valence-electron chi connectivity index (χ2n) is 6.04. The third kappa shape index (κ3) is 2.72. The maximum atomic E-state index is 12.5. The van der Waals surface area contributed by atoms with Crippen LogP contribution in [0.1, 0.15) is 27.3 Å². The van der Waals surface area contributed by atoms with Gasteiger partial charge in [-0.25, -0.2) is 0 Å². The summed E-state index contributed by atoms with van der Waals surface area (Å²) in [4.78, 5) is 12.5. The number of nitrogens with one attached hydrogen (secondary N) is 2. The molecule has 2 aromatic rings. The highest BCUT2D eigenvalue weighted by Crippen LogP contribution is 2.25. The Morgan fingerprint density at radius 2 is 2.38 bits per heavy atom. The molecule has 0 saturated heterocycles. The van der Waals surface area contributed by atoms with E-state index in [9.17, 15) is 4.79 Å². The van der Waals surface area contributed by atoms with Crippen molar-refractivity contribution < 1.29 is 9.53 Å². The molecule has 1 aromatic carbocycles. The van der Waals surface area contributed by atoms with Gasteiger partial charge in [0.05, 0.1) is 29.9 Å². The average molecular weight is 323 g/mol. The maximum Gasteiger partial charge on any atom is 0.272 e. The summed E-state index contributed by atoms with van der Waals surface area (Å²) in [7, 11) is 0. The normalized spacial score (nSPS) is 18.7. The van der Waals surface area contributed by atoms with E-state index >= 15 is 0 Å². The van der Waals surface area contributed by atoms with Crippen molar-refractivity contribution in [2.24, 2.45) is 0 Å². The minimum atomic E-state index is -0.189. The monoisotopic (exact) mass is 323 g/mol. The highest BCUT2D eigenvalue weighted by Gasteiger charge is 2.24. The van der Waals surface area contributed by atoms with Crippen LogP contribution in [0.25, 0.3) is 0 Å². The quantitative estimate of drug-likeness (QED) is 0.844. The van der Waals surface area contributed by atoms with Gasteiger partial charge < -0.3 is 15.4 Å². The molecule has 3 heterocycles. The number of rotatable bonds is 2. The van der Waals surface area contributed by atoms with Crippen molar-refractivity contribution in [2.75, 3.05) is 13.2 Å². The zero-order valence-electron chi connectivity index (χ0n) is 13.1. The zero-order chi connectivity index (χ0) is 16.5. The molecule has 4 rings (SSSR count). The summed E-state index contributed by atoms with van der Waals surface area (Å²) < 4.78 is 7.57. The van der Waals surface area contributed by atoms with Crippen molar-refractivity contribution in [1.29, 1.82) is 5.26 Å². The topological polar surface area (TPSA) is 92.0 Å². The molecule has 0 spiro atoms. The molecule has 0 fully saturated rings. The Balaban J connectivity index is 1.46. The van der Waals surface area contributed by atoms with Crippen LogP contribution in [0.3, 0.4) is 0 Å². The summed E-state index contributed by atoms with van der Waals surface area (Å²) in [5.74, 6) is 0.591. The van der Waals surface area contributed by atoms with Gasteiger partial charge >= 0.3 is 0 Å². The van der Waals surface area contributed by atoms with Gasteiger partial charge in [0.25, 0.3) is 5.91 Å². The predicted molar refractivity (Wildman–Crippen MR) is 85.5 cm³/mol. The highest BCUT2D eigenvalue weighted by molar-refractivity contribution is 5.92. The number of benzene rings is 1. The van der Waals surface area contributed by atoms with E-state index in [-0.39, 0.29) is 11.9 Å². The summed E-state index contributed by atoms with van der Waals surface area (Å²) in [6.07, 6.45) is 0.645. The first-order valence-corrected chi connectivity index (χ1v) is 7.97. The van der Waals surface area contributed by atoms with E-state index in [1.165, 1.54) is 0 Å². The first-order valence-electron chi connectivity index (χ1n) is 7.97. The minimum absolute atomic E-state index is 0.129. The van der Waals surface area contributed by atoms with E-state index in [1.54, 1.807) is 6.07 Å². The van der Waals surface area contributed by atoms with Crippen molar-refractivity contribution in [3.63, 3.8) is 0 Å². The number of carbonyl (C=O) groups is 1. The molecule has 7 nitrogen and oxygen atoms in total. The van der Waals surface area contributed by atoms with Crippen molar-refractivity contribution in [1.82, 2.24) is 20.4 Å². The Kier molecular flexibility index (Phi) is 3.67. The summed E-state index contributed by atoms with van der Waals surface area (Å²) in [5, 5.41) is 19.6. The van der Waals surface area contributed by atoms with E-state index < -0.39 is 0 Å². The summed E-state index contributed by atoms with van der Waals surface area (Å²) in [5.41, 5.74) is 3.00. The fourth-order valence-corrected chi connectivity index (χ4v) is 3.12. The van der Waals surface area contributed by atoms with Crippen LogP contribution in [-0.4, -0.2) is 34.9 Å². The largest absolute Gasteiger partial charge is 0.491 e. The van der Waals surface area contributed by atoms with Crippen LogP contribution in [-0.2, 0) is 19.5 Å². The lowest BCUT2D eigenvalue weighted by Crippen LogP contribution is -2.42. The van der Waals surface area contributed by atoms with Gasteiger partial charge in [0, 0.05) is 13.1 Å². The third-order valence-electron chi connectivity index (χ3n) is 4.33. The van der Waals surface area contributed by atoms with E-state index in [0.717, 1.165) is 36.6 Å². The molecule has 1 aromatic heterocycles. The lowest BCUT2D eigenvalue weighted by atomic mass is 10.0. The Labute approximate surface area is 139 Å². The SMILES string of the molecule is N#Cc1ccc2c(c1)CC(NC(=O)c1cc3n(n1)CCNC3)CO2. The number of nitriles is 1. The van der Waals surface area contributed by atoms with Crippen molar-refractivity contribution >= 4 is 5.91 Å². The molecule has 122 valence electrons. The fraction of sp³-hybridized carbons (Fsp3) is 0.353. The number of amides is 1. The molecule has 0 bridgehead atoms. The van der Waals surface area contributed by atoms with Crippen LogP contribution >= 0.6 is 0 Å². The van der Waals surface area contributed by atoms with Crippen molar-refractivity contribution in [2.45, 2.75) is 25.6 Å². The number of nitrogens with zero attached hydrogens (tertiary/aromatic N) is 3. The predicted octanol–water partition coefficient (Wildman–Crippen LogP) is 0.591. The third-order valence-corrected chi connectivity index (χ3v) is 4.33. The standard InChI is InChI=1S/C17H17N5O2/c18-8-11-1-2-16-12(5-11)6-13(10-24-16)20-17(23)15-7-14-9-19-3-4-22(14)21-15/h1-2,5,7,13,19H,3-4,6,9-10H2,(H,20,23). The summed E-state index contributed by atoms with van der Waals surface area (Å²) >= 11 is 0. The first-order chi connectivity index (χ1) is 11.7. The number of fused-ring (bicyclic) bond motifs is 2. The highest BCUT2D eigenvalue weighted by atomic mass is 16.5. The Bertz CT molecular complexity index is 812. The minimum Gasteiger partial charge on any atom is -0.491 e. The maximum absolute atomic E-state index is 12.5. The molecule has 0 aliphatic carbocycles. The van der Waals surface area contributed by atoms with Crippen LogP contribution in [0, 0.1) is 11.3 Å². The molecule has 7 heteroatoms. The average Bonchev–Trinajstić information content (AvgIpc) is 3.05. The van der Waals surface area contributed by atoms with Gasteiger partial charge in [0.2, 0.25) is 0 Å². The molecule has 2 aliphatic heterocycles. The lowest BCUT2D eigenvalue weighted by Gasteiger charge is -2.25. The molecule has 1 amide bonds. The van der Waals surface area contributed by atoms with Crippen molar-refractivity contribution in [3.05, 3.63) is 46.8 Å². The number of carbonyl (C=O) groups excluding carboxylic acids is 1. The molecule has 1 unspecified atom stereocenters. The van der Waals surface area contributed by atoms with Gasteiger partial charge in [-0.2, -0.15) is 10.4 Å². The van der Waals surface area contributed by atoms with Gasteiger partial charge in [-0.1, -0.05) is 0 Å². The molecule has 24 heavy (non-hydrogen) atoms. The van der Waals surface area contributed by atoms with Crippen LogP contribution in [0.2, 0.25) is 0 Å². The van der Waals surface area contributed by atoms with Gasteiger partial charge in [-0.3, -0.25) is 9.48 Å². The van der Waals surface area contributed by atoms with Gasteiger partial charge in [-0.15, -0.1) is 0 Å². The number of aromatic nitrogens is 2. The second kappa shape index (κ2) is 5.98. The van der Waals surface area contributed by atoms with E-state index in [0.29, 0.717) is 24.3 Å². The number of hydrogen-bond donors (Lipinski definition) is 2. The van der Waals surface area contributed by atoms with E-state index in [1.807, 2.05) is 22.9 Å². The molecular weight excluding hydrogens is 306 g/mol. The zero-order valence-corrected chi connectivity index (χ0v) is 13.1. The number of hydrogen-bond acceptors (Lipinski definition) is 5. The molecule has 0 radical (unpaired) electrons. The van der Waals surface area contributed by atoms with Gasteiger partial charge in [-0.05, 0) is 36.2 Å². The van der Waals surface area contributed by atoms with Crippen LogP contribution in [0.5, 0.6) is 5.75 Å². The van der Waals surface area contributed by atoms with E-state index in [4.69, 9.17) is 10.00 Å². The van der Waals surface area contributed by atoms with Crippen LogP contribution < -0.4 is 15.4 Å². The summed E-state index contributed by atoms with van der Waals surface area (Å²) in [6, 6.07) is 9.18. The van der Waals surface area contributed by atoms with E-state index in [2.05, 4.69) is 21.8 Å². The molecule has 2 aliphatic rings. The number of ether oxygens (including phenoxy) is 1. The first kappa shape index (κ1) is 14.7. The fourth-order valence-electron chi connectivity index (χ4n) is 3.12. The summed E-state index contributed by atoms with van der Waals surface area (Å²) in [6.45, 7) is 2.79. The van der Waals surface area contributed by atoms with Gasteiger partial charge in [0.1, 0.15) is 12.4 Å². The second-order valence-corrected chi connectivity index (χ2v) is 6.04. The lowest BCUT2D eigenvalue weighted by molar-refractivity contribution is 0.0909. The van der Waals surface area contributed by atoms with Crippen LogP contribution in [0.15, 0.2) is 24.3 Å². The van der Waals surface area contributed by atoms with Gasteiger partial charge in [0.15, 0.2) is 5.69 Å². The molecule has 0 saturated carbocycles. The molecule has 1 atom stereocenters. The van der Waals surface area contributed by atoms with Crippen molar-refractivity contribution in [3.8, 4) is 11.8 Å².